The fourth-order valence-electron chi connectivity index (χ4n) is 7.86. The molecule has 3 atom stereocenters. The summed E-state index contributed by atoms with van der Waals surface area (Å²) in [5.41, 5.74) is 2.97. The van der Waals surface area contributed by atoms with E-state index < -0.39 is 29.8 Å². The summed E-state index contributed by atoms with van der Waals surface area (Å²) in [6.45, 7) is -0.429. The number of hydrogen-bond donors (Lipinski definition) is 1. The average Bonchev–Trinajstić information content (AvgIpc) is 3.37. The van der Waals surface area contributed by atoms with Gasteiger partial charge in [-0.2, -0.15) is 0 Å². The summed E-state index contributed by atoms with van der Waals surface area (Å²) in [7, 11) is 3.07. The van der Waals surface area contributed by atoms with Gasteiger partial charge in [-0.1, -0.05) is 42.5 Å². The molecule has 4 aromatic rings. The Morgan fingerprint density at radius 1 is 0.898 bits per heavy atom. The first-order valence-electron chi connectivity index (χ1n) is 16.6. The lowest BCUT2D eigenvalue weighted by Crippen LogP contribution is -2.63. The molecule has 0 spiro atoms. The van der Waals surface area contributed by atoms with E-state index in [0.717, 1.165) is 29.7 Å². The van der Waals surface area contributed by atoms with Gasteiger partial charge < -0.3 is 19.7 Å². The number of nitrogens with zero attached hydrogens (tertiary/aromatic N) is 3. The summed E-state index contributed by atoms with van der Waals surface area (Å²) in [4.78, 5) is 63.3. The van der Waals surface area contributed by atoms with Crippen LogP contribution in [-0.4, -0.2) is 64.7 Å². The van der Waals surface area contributed by atoms with Gasteiger partial charge in [0.1, 0.15) is 23.6 Å². The van der Waals surface area contributed by atoms with Crippen molar-refractivity contribution in [3.05, 3.63) is 119 Å². The van der Waals surface area contributed by atoms with Gasteiger partial charge in [-0.25, -0.2) is 0 Å². The fourth-order valence-corrected chi connectivity index (χ4v) is 7.86. The van der Waals surface area contributed by atoms with Crippen LogP contribution in [0.2, 0.25) is 0 Å². The summed E-state index contributed by atoms with van der Waals surface area (Å²) in [6, 6.07) is 23.8. The van der Waals surface area contributed by atoms with Crippen LogP contribution >= 0.6 is 0 Å². The monoisotopic (exact) mass is 658 g/mol. The van der Waals surface area contributed by atoms with E-state index in [2.05, 4.69) is 28.5 Å². The maximum absolute atomic E-state index is 15.0. The van der Waals surface area contributed by atoms with E-state index in [4.69, 9.17) is 9.47 Å². The highest BCUT2D eigenvalue weighted by Crippen LogP contribution is 2.47. The molecule has 1 aromatic heterocycles. The molecule has 3 aromatic carbocycles. The van der Waals surface area contributed by atoms with Gasteiger partial charge in [-0.3, -0.25) is 29.1 Å². The van der Waals surface area contributed by atoms with Gasteiger partial charge in [0.25, 0.3) is 11.8 Å². The molecule has 250 valence electrons. The van der Waals surface area contributed by atoms with Crippen molar-refractivity contribution in [2.24, 2.45) is 11.8 Å². The lowest BCUT2D eigenvalue weighted by atomic mass is 9.62. The maximum Gasteiger partial charge on any atom is 0.262 e. The number of fused-ring (bicyclic) bond motifs is 3. The van der Waals surface area contributed by atoms with E-state index in [0.29, 0.717) is 35.9 Å². The number of benzene rings is 3. The van der Waals surface area contributed by atoms with E-state index >= 15 is 0 Å². The zero-order valence-electron chi connectivity index (χ0n) is 27.6. The number of carbonyl (C=O) groups is 4. The first-order chi connectivity index (χ1) is 23.8. The van der Waals surface area contributed by atoms with Crippen LogP contribution in [0, 0.1) is 11.8 Å². The molecule has 2 aliphatic carbocycles. The van der Waals surface area contributed by atoms with Crippen molar-refractivity contribution in [1.82, 2.24) is 14.8 Å². The molecule has 10 nitrogen and oxygen atoms in total. The number of nitrogens with one attached hydrogen (secondary N) is 1. The molecule has 7 rings (SSSR count). The number of rotatable bonds is 9. The average molecular weight is 659 g/mol. The SMILES string of the molecule is COc1ccc(NC(=O)[C@]2(N(Cc3cccnc3)C(=O)CN3C(=O)c4ccccc4C3=O)CC[C@H]3Cc4ccccc4C[C@H]3C2)c(OC)c1. The minimum Gasteiger partial charge on any atom is -0.497 e. The third-order valence-electron chi connectivity index (χ3n) is 10.4. The standard InChI is InChI=1S/C39H38N4O6/c1-48-30-13-14-33(34(20-30)49-2)41-38(47)39(16-15-28-18-26-9-3-4-10-27(26)19-29(28)21-39)43(23-25-8-7-17-40-22-25)35(44)24-42-36(45)31-11-5-6-12-32(31)37(42)46/h3-14,17,20,22,28-29H,15-16,18-19,21,23-24H2,1-2H3,(H,41,47)/t28-,29-,39-/m0/s1. The molecular formula is C39H38N4O6. The highest BCUT2D eigenvalue weighted by atomic mass is 16.5. The van der Waals surface area contributed by atoms with Gasteiger partial charge in [0, 0.05) is 25.0 Å². The lowest BCUT2D eigenvalue weighted by molar-refractivity contribution is -0.151. The number of pyridine rings is 1. The van der Waals surface area contributed by atoms with E-state index in [1.807, 2.05) is 12.1 Å². The second kappa shape index (κ2) is 13.2. The first-order valence-corrected chi connectivity index (χ1v) is 16.6. The Balaban J connectivity index is 1.29. The molecule has 4 amide bonds. The molecule has 10 heteroatoms. The van der Waals surface area contributed by atoms with Gasteiger partial charge in [-0.05, 0) is 91.0 Å². The second-order valence-corrected chi connectivity index (χ2v) is 13.1. The minimum atomic E-state index is -1.32. The van der Waals surface area contributed by atoms with Crippen molar-refractivity contribution in [3.8, 4) is 11.5 Å². The van der Waals surface area contributed by atoms with E-state index in [1.165, 1.54) is 18.2 Å². The van der Waals surface area contributed by atoms with Crippen molar-refractivity contribution in [2.75, 3.05) is 26.1 Å². The zero-order valence-corrected chi connectivity index (χ0v) is 27.6. The van der Waals surface area contributed by atoms with E-state index in [1.54, 1.807) is 72.9 Å². The normalized spacial score (nSPS) is 20.9. The van der Waals surface area contributed by atoms with E-state index in [9.17, 15) is 19.2 Å². The van der Waals surface area contributed by atoms with Crippen molar-refractivity contribution in [3.63, 3.8) is 0 Å². The van der Waals surface area contributed by atoms with Crippen LogP contribution in [0.5, 0.6) is 11.5 Å². The number of methoxy groups -OCH3 is 2. The lowest BCUT2D eigenvalue weighted by Gasteiger charge is -2.51. The minimum absolute atomic E-state index is 0.0665. The van der Waals surface area contributed by atoms with Crippen molar-refractivity contribution in [2.45, 2.75) is 44.2 Å². The van der Waals surface area contributed by atoms with Crippen LogP contribution in [0.4, 0.5) is 5.69 Å². The smallest absolute Gasteiger partial charge is 0.262 e. The quantitative estimate of drug-likeness (QED) is 0.242. The van der Waals surface area contributed by atoms with Crippen LogP contribution in [0.15, 0.2) is 91.3 Å². The predicted molar refractivity (Wildman–Crippen MR) is 182 cm³/mol. The second-order valence-electron chi connectivity index (χ2n) is 13.1. The van der Waals surface area contributed by atoms with Crippen LogP contribution in [0.25, 0.3) is 0 Å². The number of amides is 4. The molecule has 1 fully saturated rings. The number of anilines is 1. The highest BCUT2D eigenvalue weighted by Gasteiger charge is 2.53. The number of ether oxygens (including phenoxy) is 2. The first kappa shape index (κ1) is 32.1. The third kappa shape index (κ3) is 5.92. The van der Waals surface area contributed by atoms with Crippen LogP contribution in [0.1, 0.15) is 56.7 Å². The number of aromatic nitrogens is 1. The fraction of sp³-hybridized carbons (Fsp3) is 0.308. The molecule has 0 radical (unpaired) electrons. The topological polar surface area (TPSA) is 118 Å². The van der Waals surface area contributed by atoms with E-state index in [-0.39, 0.29) is 29.5 Å². The van der Waals surface area contributed by atoms with Crippen molar-refractivity contribution in [1.29, 1.82) is 0 Å². The van der Waals surface area contributed by atoms with Gasteiger partial charge >= 0.3 is 0 Å². The third-order valence-corrected chi connectivity index (χ3v) is 10.4. The van der Waals surface area contributed by atoms with Crippen molar-refractivity contribution < 1.29 is 28.7 Å². The Kier molecular flexibility index (Phi) is 8.62. The summed E-state index contributed by atoms with van der Waals surface area (Å²) in [5, 5.41) is 3.11. The molecule has 0 saturated heterocycles. The van der Waals surface area contributed by atoms with Gasteiger partial charge in [0.2, 0.25) is 11.8 Å². The molecule has 0 unspecified atom stereocenters. The molecular weight excluding hydrogens is 620 g/mol. The number of carbonyl (C=O) groups excluding carboxylic acids is 4. The zero-order chi connectivity index (χ0) is 34.1. The summed E-state index contributed by atoms with van der Waals surface area (Å²) in [5.74, 6) is -0.445. The molecule has 1 aliphatic heterocycles. The van der Waals surface area contributed by atoms with Gasteiger partial charge in [0.05, 0.1) is 31.0 Å². The largest absolute Gasteiger partial charge is 0.497 e. The maximum atomic E-state index is 15.0. The van der Waals surface area contributed by atoms with Crippen LogP contribution in [0.3, 0.4) is 0 Å². The Morgan fingerprint density at radius 3 is 2.24 bits per heavy atom. The van der Waals surface area contributed by atoms with Crippen LogP contribution in [-0.2, 0) is 29.0 Å². The Morgan fingerprint density at radius 2 is 1.59 bits per heavy atom. The molecule has 1 N–H and O–H groups in total. The summed E-state index contributed by atoms with van der Waals surface area (Å²) in [6.07, 6.45) is 6.54. The van der Waals surface area contributed by atoms with Gasteiger partial charge in [0.15, 0.2) is 0 Å². The molecule has 3 aliphatic rings. The predicted octanol–water partition coefficient (Wildman–Crippen LogP) is 5.32. The molecule has 1 saturated carbocycles. The molecule has 0 bridgehead atoms. The van der Waals surface area contributed by atoms with Crippen molar-refractivity contribution >= 4 is 29.3 Å². The summed E-state index contributed by atoms with van der Waals surface area (Å²) >= 11 is 0. The molecule has 49 heavy (non-hydrogen) atoms. The molecule has 2 heterocycles. The number of hydrogen-bond acceptors (Lipinski definition) is 7. The Bertz CT molecular complexity index is 1890. The Labute approximate surface area is 285 Å². The summed E-state index contributed by atoms with van der Waals surface area (Å²) < 4.78 is 11.0. The van der Waals surface area contributed by atoms with Crippen LogP contribution < -0.4 is 14.8 Å². The highest BCUT2D eigenvalue weighted by molar-refractivity contribution is 6.22. The number of imide groups is 1. The Hall–Kier alpha value is -5.51. The van der Waals surface area contributed by atoms with Gasteiger partial charge in [-0.15, -0.1) is 0 Å².